The molecule has 2 aromatic carbocycles. The van der Waals surface area contributed by atoms with Crippen molar-refractivity contribution < 1.29 is 9.47 Å². The van der Waals surface area contributed by atoms with Crippen LogP contribution in [0.1, 0.15) is 11.3 Å². The molecule has 0 bridgehead atoms. The van der Waals surface area contributed by atoms with Gasteiger partial charge in [-0.25, -0.2) is 0 Å². The number of nitrogens with zero attached hydrogens (tertiary/aromatic N) is 1. The Morgan fingerprint density at radius 1 is 1.15 bits per heavy atom. The molecule has 4 nitrogen and oxygen atoms in total. The molecule has 4 aromatic rings. The molecule has 0 saturated carbocycles. The molecule has 0 atom stereocenters. The van der Waals surface area contributed by atoms with Gasteiger partial charge in [0.15, 0.2) is 0 Å². The highest BCUT2D eigenvalue weighted by molar-refractivity contribution is 6.18. The van der Waals surface area contributed by atoms with E-state index in [1.165, 1.54) is 16.5 Å². The maximum Gasteiger partial charge on any atom is 0.147 e. The third kappa shape index (κ3) is 2.53. The zero-order valence-corrected chi connectivity index (χ0v) is 15.1. The predicted molar refractivity (Wildman–Crippen MR) is 105 cm³/mol. The van der Waals surface area contributed by atoms with E-state index in [0.29, 0.717) is 12.5 Å². The highest BCUT2D eigenvalue weighted by atomic mass is 35.5. The van der Waals surface area contributed by atoms with Crippen LogP contribution in [0.15, 0.2) is 48.7 Å². The number of benzene rings is 2. The molecule has 0 fully saturated rings. The number of aromatic nitrogens is 2. The lowest BCUT2D eigenvalue weighted by Gasteiger charge is -2.20. The lowest BCUT2D eigenvalue weighted by molar-refractivity contribution is 0.284. The van der Waals surface area contributed by atoms with Crippen LogP contribution in [0.2, 0.25) is 0 Å². The molecule has 0 saturated heterocycles. The van der Waals surface area contributed by atoms with E-state index in [1.807, 2.05) is 12.1 Å². The van der Waals surface area contributed by atoms with E-state index < -0.39 is 0 Å². The summed E-state index contributed by atoms with van der Waals surface area (Å²) in [5.74, 6) is 2.33. The fourth-order valence-electron chi connectivity index (χ4n) is 3.79. The quantitative estimate of drug-likeness (QED) is 0.519. The van der Waals surface area contributed by atoms with Gasteiger partial charge in [-0.15, -0.1) is 11.6 Å². The maximum atomic E-state index is 6.03. The normalized spacial score (nSPS) is 13.3. The molecule has 0 aliphatic carbocycles. The number of H-pyrrole nitrogens is 1. The maximum absolute atomic E-state index is 6.03. The minimum atomic E-state index is 0.477. The molecule has 0 radical (unpaired) electrons. The van der Waals surface area contributed by atoms with Crippen molar-refractivity contribution in [2.75, 3.05) is 19.1 Å². The van der Waals surface area contributed by atoms with Gasteiger partial charge in [0.25, 0.3) is 0 Å². The Bertz CT molecular complexity index is 1100. The first-order valence-electron chi connectivity index (χ1n) is 8.86. The van der Waals surface area contributed by atoms with E-state index in [4.69, 9.17) is 21.1 Å². The molecule has 5 rings (SSSR count). The summed E-state index contributed by atoms with van der Waals surface area (Å²) in [7, 11) is 0. The Hall–Kier alpha value is -2.59. The Morgan fingerprint density at radius 3 is 3.04 bits per heavy atom. The molecule has 1 aliphatic heterocycles. The predicted octanol–water partition coefficient (Wildman–Crippen LogP) is 4.72. The van der Waals surface area contributed by atoms with Gasteiger partial charge in [0.05, 0.1) is 23.5 Å². The fraction of sp³-hybridized carbons (Fsp3) is 0.238. The van der Waals surface area contributed by atoms with Crippen LogP contribution in [0.25, 0.3) is 21.8 Å². The summed E-state index contributed by atoms with van der Waals surface area (Å²) in [6.07, 6.45) is 2.93. The van der Waals surface area contributed by atoms with E-state index in [2.05, 4.69) is 46.1 Å². The van der Waals surface area contributed by atoms with Crippen molar-refractivity contribution >= 4 is 33.4 Å². The second-order valence-corrected chi connectivity index (χ2v) is 6.96. The zero-order valence-electron chi connectivity index (χ0n) is 14.3. The molecule has 3 heterocycles. The summed E-state index contributed by atoms with van der Waals surface area (Å²) in [5.41, 5.74) is 4.57. The standard InChI is InChI=1S/C21H19ClN2O2/c22-7-10-25-18-3-1-2-15-12-17(23-19(15)18)13-16-5-4-14-6-8-24-9-11-26-21(16)20(14)24/h1-6,8,12,23H,7,9-11,13H2. The second-order valence-electron chi connectivity index (χ2n) is 6.58. The van der Waals surface area contributed by atoms with Crippen molar-refractivity contribution in [2.45, 2.75) is 13.0 Å². The Labute approximate surface area is 156 Å². The highest BCUT2D eigenvalue weighted by Crippen LogP contribution is 2.35. The first-order valence-corrected chi connectivity index (χ1v) is 9.40. The van der Waals surface area contributed by atoms with Crippen LogP contribution in [-0.4, -0.2) is 28.6 Å². The van der Waals surface area contributed by atoms with Crippen LogP contribution in [0.3, 0.4) is 0 Å². The number of rotatable bonds is 5. The van der Waals surface area contributed by atoms with Gasteiger partial charge in [0.2, 0.25) is 0 Å². The summed E-state index contributed by atoms with van der Waals surface area (Å²) in [6.45, 7) is 2.13. The molecule has 0 amide bonds. The van der Waals surface area contributed by atoms with Crippen molar-refractivity contribution in [3.8, 4) is 11.5 Å². The number of hydrogen-bond acceptors (Lipinski definition) is 2. The van der Waals surface area contributed by atoms with Gasteiger partial charge in [0, 0.05) is 34.6 Å². The lowest BCUT2D eigenvalue weighted by Crippen LogP contribution is -2.14. The number of aromatic amines is 1. The van der Waals surface area contributed by atoms with Crippen LogP contribution >= 0.6 is 11.6 Å². The lowest BCUT2D eigenvalue weighted by atomic mass is 10.1. The Morgan fingerprint density at radius 2 is 2.12 bits per heavy atom. The molecule has 5 heteroatoms. The third-order valence-corrected chi connectivity index (χ3v) is 5.09. The fourth-order valence-corrected chi connectivity index (χ4v) is 3.87. The SMILES string of the molecule is ClCCOc1cccc2cc(Cc3ccc4ccn5c4c3OCC5)[nH]c12. The van der Waals surface area contributed by atoms with Crippen LogP contribution in [0.4, 0.5) is 0 Å². The van der Waals surface area contributed by atoms with Crippen LogP contribution in [0.5, 0.6) is 11.5 Å². The summed E-state index contributed by atoms with van der Waals surface area (Å²) in [5, 5.41) is 2.38. The molecule has 0 spiro atoms. The molecule has 2 aromatic heterocycles. The van der Waals surface area contributed by atoms with Gasteiger partial charge in [0.1, 0.15) is 24.7 Å². The van der Waals surface area contributed by atoms with E-state index in [9.17, 15) is 0 Å². The van der Waals surface area contributed by atoms with Crippen molar-refractivity contribution in [1.82, 2.24) is 9.55 Å². The van der Waals surface area contributed by atoms with Gasteiger partial charge in [-0.3, -0.25) is 0 Å². The molecular weight excluding hydrogens is 348 g/mol. The summed E-state index contributed by atoms with van der Waals surface area (Å²) in [4.78, 5) is 3.52. The van der Waals surface area contributed by atoms with Crippen LogP contribution in [0, 0.1) is 0 Å². The van der Waals surface area contributed by atoms with Crippen molar-refractivity contribution in [3.63, 3.8) is 0 Å². The Kier molecular flexibility index (Phi) is 3.79. The first-order chi connectivity index (χ1) is 12.8. The number of halogens is 1. The van der Waals surface area contributed by atoms with Crippen molar-refractivity contribution in [1.29, 1.82) is 0 Å². The van der Waals surface area contributed by atoms with Gasteiger partial charge in [-0.05, 0) is 18.2 Å². The van der Waals surface area contributed by atoms with Crippen molar-refractivity contribution in [2.24, 2.45) is 0 Å². The molecule has 1 aliphatic rings. The number of hydrogen-bond donors (Lipinski definition) is 1. The topological polar surface area (TPSA) is 39.2 Å². The summed E-state index contributed by atoms with van der Waals surface area (Å²) in [6, 6.07) is 14.8. The largest absolute Gasteiger partial charge is 0.490 e. The van der Waals surface area contributed by atoms with Crippen LogP contribution < -0.4 is 9.47 Å². The second kappa shape index (κ2) is 6.29. The third-order valence-electron chi connectivity index (χ3n) is 4.93. The van der Waals surface area contributed by atoms with E-state index in [0.717, 1.165) is 47.7 Å². The number of alkyl halides is 1. The van der Waals surface area contributed by atoms with Gasteiger partial charge in [-0.2, -0.15) is 0 Å². The van der Waals surface area contributed by atoms with Gasteiger partial charge >= 0.3 is 0 Å². The average Bonchev–Trinajstić information content (AvgIpc) is 3.27. The monoisotopic (exact) mass is 366 g/mol. The summed E-state index contributed by atoms with van der Waals surface area (Å²) < 4.78 is 14.1. The van der Waals surface area contributed by atoms with Gasteiger partial charge in [-0.1, -0.05) is 24.3 Å². The molecular formula is C21H19ClN2O2. The summed E-state index contributed by atoms with van der Waals surface area (Å²) >= 11 is 5.75. The number of nitrogens with one attached hydrogen (secondary N) is 1. The minimum absolute atomic E-state index is 0.477. The van der Waals surface area contributed by atoms with E-state index in [-0.39, 0.29) is 0 Å². The molecule has 0 unspecified atom stereocenters. The zero-order chi connectivity index (χ0) is 17.5. The molecule has 26 heavy (non-hydrogen) atoms. The van der Waals surface area contributed by atoms with E-state index in [1.54, 1.807) is 0 Å². The molecule has 132 valence electrons. The smallest absolute Gasteiger partial charge is 0.147 e. The molecule has 1 N–H and O–H groups in total. The first kappa shape index (κ1) is 15.6. The van der Waals surface area contributed by atoms with Crippen LogP contribution in [-0.2, 0) is 13.0 Å². The Balaban J connectivity index is 1.54. The number of ether oxygens (including phenoxy) is 2. The average molecular weight is 367 g/mol. The van der Waals surface area contributed by atoms with Gasteiger partial charge < -0.3 is 19.0 Å². The van der Waals surface area contributed by atoms with E-state index >= 15 is 0 Å². The highest BCUT2D eigenvalue weighted by Gasteiger charge is 2.18. The number of fused-ring (bicyclic) bond motifs is 1. The minimum Gasteiger partial charge on any atom is -0.490 e. The number of para-hydroxylation sites is 1. The van der Waals surface area contributed by atoms with Crippen molar-refractivity contribution in [3.05, 3.63) is 59.9 Å².